The summed E-state index contributed by atoms with van der Waals surface area (Å²) < 4.78 is 0. The topological polar surface area (TPSA) is 72.2 Å². The molecule has 3 rings (SSSR count). The van der Waals surface area contributed by atoms with Crippen LogP contribution in [0.15, 0.2) is 48.5 Å². The fraction of sp³-hybridized carbons (Fsp3) is 0.235. The van der Waals surface area contributed by atoms with Gasteiger partial charge in [0, 0.05) is 6.07 Å². The van der Waals surface area contributed by atoms with Crippen LogP contribution in [0.2, 0.25) is 0 Å². The van der Waals surface area contributed by atoms with Crippen LogP contribution in [0.1, 0.15) is 40.4 Å². The van der Waals surface area contributed by atoms with Gasteiger partial charge < -0.3 is 5.32 Å². The zero-order valence-electron chi connectivity index (χ0n) is 12.0. The molecule has 112 valence electrons. The van der Waals surface area contributed by atoms with Crippen LogP contribution in [0, 0.1) is 10.1 Å². The molecule has 0 fully saturated rings. The molecular weight excluding hydrogens is 280 g/mol. The average Bonchev–Trinajstić information content (AvgIpc) is 2.55. The first-order valence-electron chi connectivity index (χ1n) is 7.29. The molecule has 0 saturated carbocycles. The second kappa shape index (κ2) is 5.97. The second-order valence-corrected chi connectivity index (χ2v) is 5.39. The molecule has 0 aliphatic heterocycles. The number of nitro groups is 1. The molecule has 0 saturated heterocycles. The van der Waals surface area contributed by atoms with Crippen molar-refractivity contribution >= 4 is 11.6 Å². The van der Waals surface area contributed by atoms with E-state index in [0.29, 0.717) is 0 Å². The lowest BCUT2D eigenvalue weighted by Gasteiger charge is -2.26. The highest BCUT2D eigenvalue weighted by molar-refractivity contribution is 5.98. The third-order valence-electron chi connectivity index (χ3n) is 4.02. The SMILES string of the molecule is O=C(N[C@@H]1CCCc2ccccc21)c1ccccc1[N+](=O)[O-]. The molecule has 1 aliphatic rings. The van der Waals surface area contributed by atoms with Crippen molar-refractivity contribution in [2.24, 2.45) is 0 Å². The van der Waals surface area contributed by atoms with Gasteiger partial charge in [-0.25, -0.2) is 0 Å². The van der Waals surface area contributed by atoms with Gasteiger partial charge in [-0.3, -0.25) is 14.9 Å². The molecule has 1 amide bonds. The molecule has 5 heteroatoms. The lowest BCUT2D eigenvalue weighted by atomic mass is 9.87. The summed E-state index contributed by atoms with van der Waals surface area (Å²) in [6.07, 6.45) is 2.86. The molecule has 2 aromatic carbocycles. The zero-order valence-corrected chi connectivity index (χ0v) is 12.0. The van der Waals surface area contributed by atoms with Crippen molar-refractivity contribution in [1.82, 2.24) is 5.32 Å². The lowest BCUT2D eigenvalue weighted by molar-refractivity contribution is -0.385. The van der Waals surface area contributed by atoms with E-state index in [0.717, 1.165) is 24.8 Å². The highest BCUT2D eigenvalue weighted by atomic mass is 16.6. The molecule has 0 aromatic heterocycles. The first-order valence-corrected chi connectivity index (χ1v) is 7.29. The van der Waals surface area contributed by atoms with Crippen LogP contribution in [0.25, 0.3) is 0 Å². The van der Waals surface area contributed by atoms with Gasteiger partial charge in [-0.05, 0) is 36.5 Å². The Kier molecular flexibility index (Phi) is 3.87. The van der Waals surface area contributed by atoms with E-state index >= 15 is 0 Å². The van der Waals surface area contributed by atoms with Crippen molar-refractivity contribution < 1.29 is 9.72 Å². The number of rotatable bonds is 3. The monoisotopic (exact) mass is 296 g/mol. The maximum atomic E-state index is 12.4. The number of carbonyl (C=O) groups is 1. The van der Waals surface area contributed by atoms with Gasteiger partial charge >= 0.3 is 0 Å². The molecule has 1 N–H and O–H groups in total. The van der Waals surface area contributed by atoms with Crippen LogP contribution in [-0.4, -0.2) is 10.8 Å². The quantitative estimate of drug-likeness (QED) is 0.697. The van der Waals surface area contributed by atoms with E-state index in [-0.39, 0.29) is 17.3 Å². The number of hydrogen-bond donors (Lipinski definition) is 1. The molecule has 5 nitrogen and oxygen atoms in total. The molecule has 1 atom stereocenters. The summed E-state index contributed by atoms with van der Waals surface area (Å²) in [6, 6.07) is 14.0. The fourth-order valence-electron chi connectivity index (χ4n) is 2.96. The minimum absolute atomic E-state index is 0.0859. The number of fused-ring (bicyclic) bond motifs is 1. The average molecular weight is 296 g/mol. The molecule has 0 bridgehead atoms. The number of hydrogen-bond acceptors (Lipinski definition) is 3. The largest absolute Gasteiger partial charge is 0.345 e. The number of benzene rings is 2. The minimum atomic E-state index is -0.524. The molecule has 0 spiro atoms. The van der Waals surface area contributed by atoms with Gasteiger partial charge in [0.25, 0.3) is 11.6 Å². The Morgan fingerprint density at radius 2 is 1.86 bits per heavy atom. The van der Waals surface area contributed by atoms with Gasteiger partial charge in [0.2, 0.25) is 0 Å². The highest BCUT2D eigenvalue weighted by Crippen LogP contribution is 2.30. The molecule has 0 unspecified atom stereocenters. The van der Waals surface area contributed by atoms with Crippen LogP contribution >= 0.6 is 0 Å². The maximum absolute atomic E-state index is 12.4. The van der Waals surface area contributed by atoms with Crippen molar-refractivity contribution in [2.75, 3.05) is 0 Å². The van der Waals surface area contributed by atoms with Crippen LogP contribution in [0.4, 0.5) is 5.69 Å². The Hall–Kier alpha value is -2.69. The van der Waals surface area contributed by atoms with E-state index in [1.165, 1.54) is 17.7 Å². The lowest BCUT2D eigenvalue weighted by Crippen LogP contribution is -2.31. The summed E-state index contributed by atoms with van der Waals surface area (Å²) in [6.45, 7) is 0. The molecule has 0 radical (unpaired) electrons. The number of para-hydroxylation sites is 1. The van der Waals surface area contributed by atoms with Crippen molar-refractivity contribution in [3.63, 3.8) is 0 Å². The number of carbonyl (C=O) groups excluding carboxylic acids is 1. The zero-order chi connectivity index (χ0) is 15.5. The number of nitro benzene ring substituents is 1. The summed E-state index contributed by atoms with van der Waals surface area (Å²) in [5.74, 6) is -0.394. The number of nitrogens with zero attached hydrogens (tertiary/aromatic N) is 1. The van der Waals surface area contributed by atoms with Gasteiger partial charge in [-0.1, -0.05) is 36.4 Å². The van der Waals surface area contributed by atoms with E-state index < -0.39 is 10.8 Å². The smallest absolute Gasteiger partial charge is 0.282 e. The standard InChI is InChI=1S/C17H16N2O3/c20-17(14-9-3-4-11-16(14)19(21)22)18-15-10-5-7-12-6-1-2-8-13(12)15/h1-4,6,8-9,11,15H,5,7,10H2,(H,18,20)/t15-/m1/s1. The van der Waals surface area contributed by atoms with Crippen molar-refractivity contribution in [3.05, 3.63) is 75.3 Å². The molecule has 1 aliphatic carbocycles. The van der Waals surface area contributed by atoms with Crippen LogP contribution in [0.3, 0.4) is 0 Å². The van der Waals surface area contributed by atoms with Gasteiger partial charge in [0.1, 0.15) is 5.56 Å². The Morgan fingerprint density at radius 1 is 1.14 bits per heavy atom. The third kappa shape index (κ3) is 2.70. The summed E-state index contributed by atoms with van der Waals surface area (Å²) in [7, 11) is 0. The molecular formula is C17H16N2O3. The van der Waals surface area contributed by atoms with Gasteiger partial charge in [-0.15, -0.1) is 0 Å². The van der Waals surface area contributed by atoms with Crippen molar-refractivity contribution in [3.8, 4) is 0 Å². The normalized spacial score (nSPS) is 16.6. The number of amides is 1. The van der Waals surface area contributed by atoms with Gasteiger partial charge in [0.05, 0.1) is 11.0 Å². The van der Waals surface area contributed by atoms with Gasteiger partial charge in [-0.2, -0.15) is 0 Å². The van der Waals surface area contributed by atoms with E-state index in [1.807, 2.05) is 18.2 Å². The van der Waals surface area contributed by atoms with E-state index in [4.69, 9.17) is 0 Å². The Morgan fingerprint density at radius 3 is 2.68 bits per heavy atom. The van der Waals surface area contributed by atoms with Crippen molar-refractivity contribution in [1.29, 1.82) is 0 Å². The first-order chi connectivity index (χ1) is 10.7. The number of aryl methyl sites for hydroxylation is 1. The summed E-state index contributed by atoms with van der Waals surface area (Å²) in [5, 5.41) is 14.0. The van der Waals surface area contributed by atoms with Crippen molar-refractivity contribution in [2.45, 2.75) is 25.3 Å². The fourth-order valence-corrected chi connectivity index (χ4v) is 2.96. The third-order valence-corrected chi connectivity index (χ3v) is 4.02. The van der Waals surface area contributed by atoms with Crippen LogP contribution in [-0.2, 0) is 6.42 Å². The second-order valence-electron chi connectivity index (χ2n) is 5.39. The van der Waals surface area contributed by atoms with Gasteiger partial charge in [0.15, 0.2) is 0 Å². The van der Waals surface area contributed by atoms with Crippen LogP contribution in [0.5, 0.6) is 0 Å². The maximum Gasteiger partial charge on any atom is 0.282 e. The number of nitrogens with one attached hydrogen (secondary N) is 1. The highest BCUT2D eigenvalue weighted by Gasteiger charge is 2.25. The predicted molar refractivity (Wildman–Crippen MR) is 82.7 cm³/mol. The summed E-state index contributed by atoms with van der Waals surface area (Å²) in [5.41, 5.74) is 2.29. The summed E-state index contributed by atoms with van der Waals surface area (Å²) in [4.78, 5) is 23.0. The van der Waals surface area contributed by atoms with E-state index in [1.54, 1.807) is 12.1 Å². The van der Waals surface area contributed by atoms with E-state index in [2.05, 4.69) is 11.4 Å². The summed E-state index contributed by atoms with van der Waals surface area (Å²) >= 11 is 0. The Balaban J connectivity index is 1.86. The predicted octanol–water partition coefficient (Wildman–Crippen LogP) is 3.40. The molecule has 22 heavy (non-hydrogen) atoms. The minimum Gasteiger partial charge on any atom is -0.345 e. The molecule has 0 heterocycles. The Bertz CT molecular complexity index is 727. The first kappa shape index (κ1) is 14.3. The Labute approximate surface area is 128 Å². The van der Waals surface area contributed by atoms with Crippen LogP contribution < -0.4 is 5.32 Å². The van der Waals surface area contributed by atoms with E-state index in [9.17, 15) is 14.9 Å². The molecule has 2 aromatic rings.